The van der Waals surface area contributed by atoms with Gasteiger partial charge in [-0.15, -0.1) is 13.2 Å². The zero-order chi connectivity index (χ0) is 21.2. The summed E-state index contributed by atoms with van der Waals surface area (Å²) in [6.45, 7) is 6.94. The predicted octanol–water partition coefficient (Wildman–Crippen LogP) is 3.85. The van der Waals surface area contributed by atoms with Gasteiger partial charge in [-0.3, -0.25) is 0 Å². The van der Waals surface area contributed by atoms with Crippen LogP contribution in [-0.2, 0) is 13.0 Å². The molecule has 1 aliphatic heterocycles. The minimum Gasteiger partial charge on any atom is -0.406 e. The molecule has 1 aromatic heterocycles. The Labute approximate surface area is 167 Å². The van der Waals surface area contributed by atoms with Gasteiger partial charge in [-0.2, -0.15) is 4.98 Å². The fraction of sp³-hybridized carbons (Fsp3) is 0.500. The minimum absolute atomic E-state index is 0.0519. The first-order valence-electron chi connectivity index (χ1n) is 9.53. The third-order valence-corrected chi connectivity index (χ3v) is 4.72. The average molecular weight is 410 g/mol. The fourth-order valence-electron chi connectivity index (χ4n) is 3.17. The van der Waals surface area contributed by atoms with Gasteiger partial charge in [-0.25, -0.2) is 4.98 Å². The highest BCUT2D eigenvalue weighted by Crippen LogP contribution is 2.30. The van der Waals surface area contributed by atoms with Crippen molar-refractivity contribution in [2.45, 2.75) is 52.1 Å². The summed E-state index contributed by atoms with van der Waals surface area (Å²) in [7, 11) is 0. The van der Waals surface area contributed by atoms with Gasteiger partial charge in [0.15, 0.2) is 0 Å². The van der Waals surface area contributed by atoms with E-state index in [2.05, 4.69) is 20.0 Å². The quantitative estimate of drug-likeness (QED) is 0.754. The molecule has 2 aromatic rings. The van der Waals surface area contributed by atoms with Crippen molar-refractivity contribution in [3.05, 3.63) is 41.1 Å². The van der Waals surface area contributed by atoms with E-state index in [0.717, 1.165) is 16.8 Å². The molecule has 0 unspecified atom stereocenters. The van der Waals surface area contributed by atoms with Gasteiger partial charge in [0, 0.05) is 25.2 Å². The zero-order valence-electron chi connectivity index (χ0n) is 16.6. The number of nitrogens with one attached hydrogen (secondary N) is 1. The molecule has 2 heterocycles. The van der Waals surface area contributed by atoms with Crippen LogP contribution in [0.1, 0.15) is 43.5 Å². The van der Waals surface area contributed by atoms with E-state index in [1.807, 2.05) is 31.7 Å². The molecule has 6 nitrogen and oxygen atoms in total. The van der Waals surface area contributed by atoms with Crippen molar-refractivity contribution >= 4 is 11.8 Å². The van der Waals surface area contributed by atoms with E-state index in [0.29, 0.717) is 31.3 Å². The van der Waals surface area contributed by atoms with E-state index < -0.39 is 6.36 Å². The number of fused-ring (bicyclic) bond motifs is 1. The molecule has 1 aliphatic rings. The second-order valence-corrected chi connectivity index (χ2v) is 7.51. The first-order chi connectivity index (χ1) is 13.6. The second kappa shape index (κ2) is 8.44. The van der Waals surface area contributed by atoms with Crippen LogP contribution in [0, 0.1) is 0 Å². The number of benzene rings is 1. The Morgan fingerprint density at radius 1 is 1.17 bits per heavy atom. The van der Waals surface area contributed by atoms with Crippen molar-refractivity contribution in [3.8, 4) is 5.75 Å². The summed E-state index contributed by atoms with van der Waals surface area (Å²) >= 11 is 0. The van der Waals surface area contributed by atoms with Crippen LogP contribution in [-0.4, -0.2) is 40.6 Å². The lowest BCUT2D eigenvalue weighted by molar-refractivity contribution is -0.274. The highest BCUT2D eigenvalue weighted by molar-refractivity contribution is 5.50. The first-order valence-corrected chi connectivity index (χ1v) is 9.53. The van der Waals surface area contributed by atoms with Crippen molar-refractivity contribution in [1.29, 1.82) is 0 Å². The number of nitrogens with zero attached hydrogens (tertiary/aromatic N) is 3. The summed E-state index contributed by atoms with van der Waals surface area (Å²) in [5.41, 5.74) is 2.63. The van der Waals surface area contributed by atoms with Gasteiger partial charge in [0.25, 0.3) is 0 Å². The summed E-state index contributed by atoms with van der Waals surface area (Å²) in [5.74, 6) is 1.07. The fourth-order valence-corrected chi connectivity index (χ4v) is 3.17. The van der Waals surface area contributed by atoms with Crippen molar-refractivity contribution in [2.24, 2.45) is 0 Å². The van der Waals surface area contributed by atoms with E-state index in [1.54, 1.807) is 6.07 Å². The van der Waals surface area contributed by atoms with E-state index in [9.17, 15) is 18.3 Å². The molecule has 1 atom stereocenters. The average Bonchev–Trinajstić information content (AvgIpc) is 2.65. The molecule has 0 amide bonds. The van der Waals surface area contributed by atoms with Crippen molar-refractivity contribution in [2.75, 3.05) is 23.4 Å². The van der Waals surface area contributed by atoms with Gasteiger partial charge < -0.3 is 20.1 Å². The topological polar surface area (TPSA) is 70.5 Å². The Kier molecular flexibility index (Phi) is 6.16. The lowest BCUT2D eigenvalue weighted by atomic mass is 9.99. The lowest BCUT2D eigenvalue weighted by Gasteiger charge is -2.31. The van der Waals surface area contributed by atoms with Gasteiger partial charge >= 0.3 is 6.36 Å². The molecule has 2 N–H and O–H groups in total. The van der Waals surface area contributed by atoms with Crippen molar-refractivity contribution < 1.29 is 23.0 Å². The lowest BCUT2D eigenvalue weighted by Crippen LogP contribution is -2.32. The SMILES string of the molecule is CC(C)c1cc(N2CCc3ccc(OC(F)(F)F)cc3C2)nc(N[C@H](C)CO)n1. The maximum Gasteiger partial charge on any atom is 0.573 e. The number of aromatic nitrogens is 2. The van der Waals surface area contributed by atoms with Gasteiger partial charge in [-0.1, -0.05) is 19.9 Å². The summed E-state index contributed by atoms with van der Waals surface area (Å²) in [4.78, 5) is 11.1. The largest absolute Gasteiger partial charge is 0.573 e. The molecular formula is C20H25F3N4O2. The molecule has 29 heavy (non-hydrogen) atoms. The molecule has 0 spiro atoms. The summed E-state index contributed by atoms with van der Waals surface area (Å²) < 4.78 is 41.7. The molecule has 0 radical (unpaired) electrons. The molecule has 0 saturated heterocycles. The van der Waals surface area contributed by atoms with Crippen LogP contribution >= 0.6 is 0 Å². The smallest absolute Gasteiger partial charge is 0.406 e. The second-order valence-electron chi connectivity index (χ2n) is 7.51. The number of alkyl halides is 3. The molecule has 0 aliphatic carbocycles. The highest BCUT2D eigenvalue weighted by atomic mass is 19.4. The summed E-state index contributed by atoms with van der Waals surface area (Å²) in [5, 5.41) is 12.4. The third-order valence-electron chi connectivity index (χ3n) is 4.72. The van der Waals surface area contributed by atoms with Crippen LogP contribution in [0.5, 0.6) is 5.75 Å². The van der Waals surface area contributed by atoms with Gasteiger partial charge in [0.05, 0.1) is 12.3 Å². The predicted molar refractivity (Wildman–Crippen MR) is 104 cm³/mol. The molecule has 3 rings (SSSR count). The van der Waals surface area contributed by atoms with Crippen LogP contribution in [0.25, 0.3) is 0 Å². The molecule has 0 fully saturated rings. The van der Waals surface area contributed by atoms with E-state index in [1.165, 1.54) is 12.1 Å². The van der Waals surface area contributed by atoms with E-state index in [-0.39, 0.29) is 24.3 Å². The molecule has 0 bridgehead atoms. The standard InChI is InChI=1S/C20H25F3N4O2/c1-12(2)17-9-18(26-19(25-17)24-13(3)11-28)27-7-6-14-4-5-16(8-15(14)10-27)29-20(21,22)23/h4-5,8-9,12-13,28H,6-7,10-11H2,1-3H3,(H,24,25,26)/t13-/m1/s1. The molecular weight excluding hydrogens is 385 g/mol. The molecule has 0 saturated carbocycles. The highest BCUT2D eigenvalue weighted by Gasteiger charge is 2.31. The number of rotatable bonds is 6. The Morgan fingerprint density at radius 2 is 1.93 bits per heavy atom. The van der Waals surface area contributed by atoms with Gasteiger partial charge in [-0.05, 0) is 42.5 Å². The summed E-state index contributed by atoms with van der Waals surface area (Å²) in [6, 6.07) is 6.17. The van der Waals surface area contributed by atoms with Gasteiger partial charge in [0.1, 0.15) is 11.6 Å². The first kappa shape index (κ1) is 21.2. The minimum atomic E-state index is -4.72. The number of hydrogen-bond acceptors (Lipinski definition) is 6. The Bertz CT molecular complexity index is 858. The van der Waals surface area contributed by atoms with Crippen molar-refractivity contribution in [1.82, 2.24) is 9.97 Å². The van der Waals surface area contributed by atoms with Crippen LogP contribution in [0.4, 0.5) is 24.9 Å². The van der Waals surface area contributed by atoms with Crippen LogP contribution in [0.3, 0.4) is 0 Å². The number of aliphatic hydroxyl groups excluding tert-OH is 1. The molecule has 1 aromatic carbocycles. The summed E-state index contributed by atoms with van der Waals surface area (Å²) in [6.07, 6.45) is -4.02. The normalized spacial score (nSPS) is 15.2. The maximum absolute atomic E-state index is 12.5. The number of anilines is 2. The zero-order valence-corrected chi connectivity index (χ0v) is 16.6. The monoisotopic (exact) mass is 410 g/mol. The number of halogens is 3. The maximum atomic E-state index is 12.5. The van der Waals surface area contributed by atoms with Gasteiger partial charge in [0.2, 0.25) is 5.95 Å². The molecule has 158 valence electrons. The Balaban J connectivity index is 1.87. The van der Waals surface area contributed by atoms with Crippen molar-refractivity contribution in [3.63, 3.8) is 0 Å². The number of ether oxygens (including phenoxy) is 1. The van der Waals surface area contributed by atoms with Crippen LogP contribution in [0.2, 0.25) is 0 Å². The van der Waals surface area contributed by atoms with E-state index in [4.69, 9.17) is 0 Å². The molecule has 9 heteroatoms. The third kappa shape index (κ3) is 5.50. The van der Waals surface area contributed by atoms with Crippen LogP contribution < -0.4 is 15.0 Å². The Hall–Kier alpha value is -2.55. The number of aliphatic hydroxyl groups is 1. The van der Waals surface area contributed by atoms with E-state index >= 15 is 0 Å². The van der Waals surface area contributed by atoms with Crippen LogP contribution in [0.15, 0.2) is 24.3 Å². The number of hydrogen-bond donors (Lipinski definition) is 2. The Morgan fingerprint density at radius 3 is 2.59 bits per heavy atom.